The molecule has 1 heterocycles. The van der Waals surface area contributed by atoms with Crippen LogP contribution in [-0.2, 0) is 9.59 Å². The van der Waals surface area contributed by atoms with Gasteiger partial charge >= 0.3 is 0 Å². The summed E-state index contributed by atoms with van der Waals surface area (Å²) in [6.07, 6.45) is -2.81. The minimum absolute atomic E-state index is 0.176. The number of Topliss-reactive ketones (excluding diaryl/α,β-unsaturated/α-hetero) is 1. The summed E-state index contributed by atoms with van der Waals surface area (Å²) in [6.45, 7) is 6.63. The third kappa shape index (κ3) is 4.45. The van der Waals surface area contributed by atoms with Gasteiger partial charge in [-0.05, 0) is 38.5 Å². The molecule has 2 aromatic carbocycles. The zero-order chi connectivity index (χ0) is 22.7. The highest BCUT2D eigenvalue weighted by atomic mass is 19.3. The molecule has 5 nitrogen and oxygen atoms in total. The highest BCUT2D eigenvalue weighted by molar-refractivity contribution is 6.46. The third-order valence-corrected chi connectivity index (χ3v) is 5.54. The van der Waals surface area contributed by atoms with Crippen LogP contribution in [0.2, 0.25) is 0 Å². The normalized spacial score (nSPS) is 18.1. The zero-order valence-corrected chi connectivity index (χ0v) is 17.8. The topological polar surface area (TPSA) is 60.9 Å². The van der Waals surface area contributed by atoms with E-state index < -0.39 is 30.7 Å². The Labute approximate surface area is 180 Å². The maximum atomic E-state index is 13.2. The number of halogens is 2. The van der Waals surface area contributed by atoms with Crippen LogP contribution in [0, 0.1) is 6.92 Å². The van der Waals surface area contributed by atoms with E-state index in [1.807, 2.05) is 32.9 Å². The van der Waals surface area contributed by atoms with E-state index >= 15 is 0 Å². The lowest BCUT2D eigenvalue weighted by atomic mass is 9.95. The number of carbonyl (C=O) groups excluding carboxylic acids is 2. The number of aliphatic hydroxyl groups excluding tert-OH is 1. The van der Waals surface area contributed by atoms with Gasteiger partial charge in [-0.25, -0.2) is 8.78 Å². The summed E-state index contributed by atoms with van der Waals surface area (Å²) < 4.78 is 26.5. The number of hydrogen-bond acceptors (Lipinski definition) is 4. The third-order valence-electron chi connectivity index (χ3n) is 5.54. The van der Waals surface area contributed by atoms with E-state index in [2.05, 4.69) is 4.90 Å². The molecule has 1 saturated heterocycles. The molecule has 0 bridgehead atoms. The number of carbonyl (C=O) groups is 2. The fraction of sp³-hybridized carbons (Fsp3) is 0.333. The van der Waals surface area contributed by atoms with Crippen LogP contribution in [0.5, 0.6) is 0 Å². The Bertz CT molecular complexity index is 981. The molecule has 1 fully saturated rings. The van der Waals surface area contributed by atoms with Crippen molar-refractivity contribution in [1.29, 1.82) is 0 Å². The van der Waals surface area contributed by atoms with Crippen LogP contribution in [0.15, 0.2) is 54.1 Å². The van der Waals surface area contributed by atoms with E-state index in [-0.39, 0.29) is 11.3 Å². The summed E-state index contributed by atoms with van der Waals surface area (Å²) in [5, 5.41) is 10.9. The Morgan fingerprint density at radius 1 is 1.03 bits per heavy atom. The summed E-state index contributed by atoms with van der Waals surface area (Å²) in [4.78, 5) is 28.3. The number of rotatable bonds is 7. The monoisotopic (exact) mass is 428 g/mol. The van der Waals surface area contributed by atoms with Crippen molar-refractivity contribution in [1.82, 2.24) is 4.90 Å². The van der Waals surface area contributed by atoms with Gasteiger partial charge in [-0.3, -0.25) is 9.59 Å². The lowest BCUT2D eigenvalue weighted by Crippen LogP contribution is -2.34. The molecule has 1 N–H and O–H groups in total. The summed E-state index contributed by atoms with van der Waals surface area (Å²) in [7, 11) is 0. The Hall–Kier alpha value is -3.22. The Morgan fingerprint density at radius 2 is 1.61 bits per heavy atom. The van der Waals surface area contributed by atoms with E-state index in [1.54, 1.807) is 36.4 Å². The number of anilines is 1. The Kier molecular flexibility index (Phi) is 6.73. The molecule has 0 aromatic heterocycles. The molecule has 0 saturated carbocycles. The molecule has 3 rings (SSSR count). The number of amides is 1. The average molecular weight is 428 g/mol. The molecule has 31 heavy (non-hydrogen) atoms. The van der Waals surface area contributed by atoms with Crippen LogP contribution < -0.4 is 4.90 Å². The number of benzene rings is 2. The van der Waals surface area contributed by atoms with Gasteiger partial charge in [-0.2, -0.15) is 0 Å². The summed E-state index contributed by atoms with van der Waals surface area (Å²) in [5.41, 5.74) is 2.57. The molecule has 7 heteroatoms. The van der Waals surface area contributed by atoms with Gasteiger partial charge in [0.25, 0.3) is 18.1 Å². The van der Waals surface area contributed by atoms with Crippen molar-refractivity contribution in [2.75, 3.05) is 24.5 Å². The molecular weight excluding hydrogens is 402 g/mol. The molecule has 164 valence electrons. The van der Waals surface area contributed by atoms with Gasteiger partial charge in [-0.15, -0.1) is 0 Å². The Morgan fingerprint density at radius 3 is 2.13 bits per heavy atom. The summed E-state index contributed by atoms with van der Waals surface area (Å²) in [5.74, 6) is -2.36. The molecule has 1 atom stereocenters. The number of likely N-dealkylation sites (tertiary alicyclic amines) is 1. The van der Waals surface area contributed by atoms with Crippen molar-refractivity contribution in [3.8, 4) is 0 Å². The minimum atomic E-state index is -2.81. The first-order valence-corrected chi connectivity index (χ1v) is 10.3. The van der Waals surface area contributed by atoms with Crippen molar-refractivity contribution in [2.45, 2.75) is 33.2 Å². The van der Waals surface area contributed by atoms with Crippen molar-refractivity contribution < 1.29 is 23.5 Å². The van der Waals surface area contributed by atoms with E-state index in [4.69, 9.17) is 0 Å². The fourth-order valence-corrected chi connectivity index (χ4v) is 3.89. The van der Waals surface area contributed by atoms with E-state index in [0.717, 1.165) is 29.2 Å². The summed E-state index contributed by atoms with van der Waals surface area (Å²) >= 11 is 0. The maximum absolute atomic E-state index is 13.2. The van der Waals surface area contributed by atoms with Gasteiger partial charge in [0.15, 0.2) is 0 Å². The molecule has 1 amide bonds. The highest BCUT2D eigenvalue weighted by Gasteiger charge is 2.46. The molecule has 2 aromatic rings. The molecule has 0 radical (unpaired) electrons. The van der Waals surface area contributed by atoms with Crippen LogP contribution in [-0.4, -0.2) is 47.8 Å². The molecule has 0 aliphatic carbocycles. The lowest BCUT2D eigenvalue weighted by Gasteiger charge is -2.26. The van der Waals surface area contributed by atoms with Crippen LogP contribution in [0.1, 0.15) is 36.6 Å². The van der Waals surface area contributed by atoms with Crippen molar-refractivity contribution in [3.63, 3.8) is 0 Å². The second-order valence-electron chi connectivity index (χ2n) is 7.47. The quantitative estimate of drug-likeness (QED) is 0.400. The average Bonchev–Trinajstić information content (AvgIpc) is 2.99. The van der Waals surface area contributed by atoms with Gasteiger partial charge in [0, 0.05) is 24.3 Å². The van der Waals surface area contributed by atoms with Crippen molar-refractivity contribution in [3.05, 3.63) is 70.8 Å². The first kappa shape index (κ1) is 22.5. The highest BCUT2D eigenvalue weighted by Crippen LogP contribution is 2.40. The van der Waals surface area contributed by atoms with Crippen LogP contribution in [0.25, 0.3) is 5.76 Å². The number of ketones is 1. The fourth-order valence-electron chi connectivity index (χ4n) is 3.89. The van der Waals surface area contributed by atoms with Gasteiger partial charge in [0.1, 0.15) is 5.76 Å². The standard InChI is InChI=1S/C24H26F2N2O3/c1-4-27(5-2)18-12-10-16(11-13-18)21-20(22(29)17-8-6-15(3)7-9-17)23(30)24(31)28(21)14-19(25)26/h6-13,19,21,29H,4-5,14H2,1-3H3/t21-/m1/s1. The van der Waals surface area contributed by atoms with Gasteiger partial charge in [-0.1, -0.05) is 42.0 Å². The van der Waals surface area contributed by atoms with E-state index in [0.29, 0.717) is 11.1 Å². The SMILES string of the molecule is CCN(CC)c1ccc([C@@H]2C(=C(O)c3ccc(C)cc3)C(=O)C(=O)N2CC(F)F)cc1. The van der Waals surface area contributed by atoms with Gasteiger partial charge in [0.05, 0.1) is 18.2 Å². The van der Waals surface area contributed by atoms with E-state index in [1.165, 1.54) is 0 Å². The number of aryl methyl sites for hydroxylation is 1. The molecule has 0 unspecified atom stereocenters. The number of alkyl halides is 2. The maximum Gasteiger partial charge on any atom is 0.295 e. The largest absolute Gasteiger partial charge is 0.507 e. The smallest absolute Gasteiger partial charge is 0.295 e. The summed E-state index contributed by atoms with van der Waals surface area (Å²) in [6, 6.07) is 12.8. The minimum Gasteiger partial charge on any atom is -0.507 e. The lowest BCUT2D eigenvalue weighted by molar-refractivity contribution is -0.141. The van der Waals surface area contributed by atoms with Crippen LogP contribution >= 0.6 is 0 Å². The molecular formula is C24H26F2N2O3. The molecule has 1 aliphatic rings. The van der Waals surface area contributed by atoms with Gasteiger partial charge in [0.2, 0.25) is 0 Å². The number of aliphatic hydroxyl groups is 1. The molecule has 0 spiro atoms. The number of hydrogen-bond donors (Lipinski definition) is 1. The van der Waals surface area contributed by atoms with Crippen molar-refractivity contribution in [2.24, 2.45) is 0 Å². The number of nitrogens with zero attached hydrogens (tertiary/aromatic N) is 2. The molecule has 1 aliphatic heterocycles. The Balaban J connectivity index is 2.12. The van der Waals surface area contributed by atoms with Crippen LogP contribution in [0.3, 0.4) is 0 Å². The first-order valence-electron chi connectivity index (χ1n) is 10.3. The van der Waals surface area contributed by atoms with Gasteiger partial charge < -0.3 is 14.9 Å². The van der Waals surface area contributed by atoms with E-state index in [9.17, 15) is 23.5 Å². The second kappa shape index (κ2) is 9.29. The predicted molar refractivity (Wildman–Crippen MR) is 116 cm³/mol. The zero-order valence-electron chi connectivity index (χ0n) is 17.8. The predicted octanol–water partition coefficient (Wildman–Crippen LogP) is 4.53. The first-order chi connectivity index (χ1) is 14.8. The van der Waals surface area contributed by atoms with Crippen molar-refractivity contribution >= 4 is 23.1 Å². The second-order valence-corrected chi connectivity index (χ2v) is 7.47. The van der Waals surface area contributed by atoms with Crippen LogP contribution in [0.4, 0.5) is 14.5 Å².